The lowest BCUT2D eigenvalue weighted by molar-refractivity contribution is 0.223. The second-order valence-corrected chi connectivity index (χ2v) is 9.51. The minimum Gasteiger partial charge on any atom is -0.492 e. The molecule has 3 aromatic carbocycles. The Morgan fingerprint density at radius 2 is 1.81 bits per heavy atom. The van der Waals surface area contributed by atoms with Crippen LogP contribution in [0.2, 0.25) is 0 Å². The number of fused-ring (bicyclic) bond motifs is 1. The van der Waals surface area contributed by atoms with E-state index in [1.165, 1.54) is 0 Å². The molecule has 0 saturated carbocycles. The lowest BCUT2D eigenvalue weighted by Crippen LogP contribution is -2.28. The zero-order chi connectivity index (χ0) is 22.4. The molecule has 5 nitrogen and oxygen atoms in total. The Hall–Kier alpha value is -2.83. The van der Waals surface area contributed by atoms with Crippen molar-refractivity contribution in [2.24, 2.45) is 0 Å². The first-order valence-electron chi connectivity index (χ1n) is 10.5. The summed E-state index contributed by atoms with van der Waals surface area (Å²) >= 11 is 0. The van der Waals surface area contributed by atoms with Gasteiger partial charge in [-0.25, -0.2) is 0 Å². The van der Waals surface area contributed by atoms with Crippen molar-refractivity contribution >= 4 is 36.9 Å². The lowest BCUT2D eigenvalue weighted by atomic mass is 10.1. The minimum atomic E-state index is -3.03. The lowest BCUT2D eigenvalue weighted by Gasteiger charge is -2.19. The third-order valence-electron chi connectivity index (χ3n) is 5.51. The number of ether oxygens (including phenoxy) is 1. The van der Waals surface area contributed by atoms with Crippen LogP contribution in [0, 0.1) is 5.41 Å². The summed E-state index contributed by atoms with van der Waals surface area (Å²) in [5.74, 6) is 4.66. The number of anilines is 1. The van der Waals surface area contributed by atoms with Crippen LogP contribution in [0.4, 0.5) is 5.69 Å². The molecule has 0 heterocycles. The van der Waals surface area contributed by atoms with Gasteiger partial charge in [0, 0.05) is 39.3 Å². The summed E-state index contributed by atoms with van der Waals surface area (Å²) in [5.41, 5.74) is 1.26. The molecule has 0 spiro atoms. The SMILES string of the molecule is C=S(=O)(C(=N)c1cc(OCCN(CC)CC)ccc1NC)c1cccc2ccccc12. The number of hydrogen-bond acceptors (Lipinski definition) is 5. The van der Waals surface area contributed by atoms with E-state index in [1.807, 2.05) is 48.5 Å². The fraction of sp³-hybridized carbons (Fsp3) is 0.280. The van der Waals surface area contributed by atoms with Gasteiger partial charge in [0.05, 0.1) is 0 Å². The number of likely N-dealkylation sites (N-methyl/N-ethyl adjacent to an activating group) is 1. The van der Waals surface area contributed by atoms with Gasteiger partial charge in [-0.2, -0.15) is 0 Å². The van der Waals surface area contributed by atoms with E-state index in [9.17, 15) is 4.21 Å². The molecule has 31 heavy (non-hydrogen) atoms. The van der Waals surface area contributed by atoms with E-state index in [2.05, 4.69) is 29.9 Å². The van der Waals surface area contributed by atoms with Crippen LogP contribution >= 0.6 is 0 Å². The Kier molecular flexibility index (Phi) is 7.36. The van der Waals surface area contributed by atoms with Gasteiger partial charge in [-0.05, 0) is 54.0 Å². The van der Waals surface area contributed by atoms with E-state index < -0.39 is 9.52 Å². The number of hydrogen-bond donors (Lipinski definition) is 2. The number of nitrogens with zero attached hydrogens (tertiary/aromatic N) is 1. The smallest absolute Gasteiger partial charge is 0.124 e. The Morgan fingerprint density at radius 3 is 2.52 bits per heavy atom. The second kappa shape index (κ2) is 9.98. The predicted octanol–water partition coefficient (Wildman–Crippen LogP) is 4.70. The van der Waals surface area contributed by atoms with Gasteiger partial charge in [0.15, 0.2) is 0 Å². The van der Waals surface area contributed by atoms with Crippen LogP contribution in [-0.2, 0) is 9.52 Å². The van der Waals surface area contributed by atoms with Crippen molar-refractivity contribution in [1.29, 1.82) is 5.41 Å². The number of rotatable bonds is 9. The summed E-state index contributed by atoms with van der Waals surface area (Å²) in [6, 6.07) is 18.9. The molecule has 6 heteroatoms. The summed E-state index contributed by atoms with van der Waals surface area (Å²) in [4.78, 5) is 2.86. The molecule has 0 aliphatic rings. The third-order valence-corrected chi connectivity index (χ3v) is 7.46. The van der Waals surface area contributed by atoms with Crippen LogP contribution in [0.1, 0.15) is 19.4 Å². The van der Waals surface area contributed by atoms with Crippen molar-refractivity contribution in [3.8, 4) is 5.75 Å². The zero-order valence-electron chi connectivity index (χ0n) is 18.5. The van der Waals surface area contributed by atoms with E-state index in [0.717, 1.165) is 36.1 Å². The molecule has 0 aliphatic carbocycles. The van der Waals surface area contributed by atoms with E-state index in [0.29, 0.717) is 22.8 Å². The van der Waals surface area contributed by atoms with Crippen molar-refractivity contribution in [1.82, 2.24) is 4.90 Å². The van der Waals surface area contributed by atoms with Crippen molar-refractivity contribution in [2.45, 2.75) is 18.7 Å². The van der Waals surface area contributed by atoms with E-state index >= 15 is 0 Å². The first-order chi connectivity index (χ1) is 14.9. The topological polar surface area (TPSA) is 65.4 Å². The molecule has 2 N–H and O–H groups in total. The third kappa shape index (κ3) is 4.92. The normalized spacial score (nSPS) is 13.2. The average molecular weight is 438 g/mol. The highest BCUT2D eigenvalue weighted by Gasteiger charge is 2.21. The van der Waals surface area contributed by atoms with Crippen LogP contribution in [0.15, 0.2) is 65.6 Å². The van der Waals surface area contributed by atoms with Gasteiger partial charge < -0.3 is 15.0 Å². The average Bonchev–Trinajstić information content (AvgIpc) is 2.80. The summed E-state index contributed by atoms with van der Waals surface area (Å²) in [6.45, 7) is 7.59. The maximum atomic E-state index is 13.9. The largest absolute Gasteiger partial charge is 0.492 e. The van der Waals surface area contributed by atoms with Gasteiger partial charge in [-0.1, -0.05) is 50.2 Å². The Labute approximate surface area is 185 Å². The Balaban J connectivity index is 1.94. The minimum absolute atomic E-state index is 0.0117. The van der Waals surface area contributed by atoms with E-state index in [1.54, 1.807) is 19.2 Å². The fourth-order valence-corrected chi connectivity index (χ4v) is 5.21. The van der Waals surface area contributed by atoms with Crippen LogP contribution in [0.3, 0.4) is 0 Å². The fourth-order valence-electron chi connectivity index (χ4n) is 3.62. The standard InChI is InChI=1S/C25H31N3O2S/c1-5-28(6-2)16-17-30-20-14-15-23(27-3)22(18-20)25(26)31(4,29)24-13-9-11-19-10-7-8-12-21(19)24/h7-15,18,26-27H,4-6,16-17H2,1-3H3. The molecular weight excluding hydrogens is 406 g/mol. The summed E-state index contributed by atoms with van der Waals surface area (Å²) < 4.78 is 19.8. The molecule has 3 aromatic rings. The molecule has 0 fully saturated rings. The van der Waals surface area contributed by atoms with Crippen molar-refractivity contribution < 1.29 is 8.95 Å². The van der Waals surface area contributed by atoms with Crippen LogP contribution < -0.4 is 10.1 Å². The Bertz CT molecular complexity index is 1160. The monoisotopic (exact) mass is 437 g/mol. The van der Waals surface area contributed by atoms with Gasteiger partial charge in [0.25, 0.3) is 0 Å². The van der Waals surface area contributed by atoms with Gasteiger partial charge in [-0.15, -0.1) is 0 Å². The molecule has 0 aliphatic heterocycles. The summed E-state index contributed by atoms with van der Waals surface area (Å²) in [5, 5.41) is 13.8. The van der Waals surface area contributed by atoms with Crippen LogP contribution in [0.5, 0.6) is 5.75 Å². The molecule has 0 radical (unpaired) electrons. The molecule has 164 valence electrons. The predicted molar refractivity (Wildman–Crippen MR) is 134 cm³/mol. The van der Waals surface area contributed by atoms with E-state index in [-0.39, 0.29) is 5.04 Å². The van der Waals surface area contributed by atoms with Crippen LogP contribution in [-0.4, -0.2) is 53.3 Å². The molecular formula is C25H31N3O2S. The Morgan fingerprint density at radius 1 is 1.10 bits per heavy atom. The highest BCUT2D eigenvalue weighted by Crippen LogP contribution is 2.29. The first-order valence-corrected chi connectivity index (χ1v) is 12.3. The second-order valence-electron chi connectivity index (χ2n) is 7.31. The number of nitrogens with one attached hydrogen (secondary N) is 2. The van der Waals surface area contributed by atoms with Gasteiger partial charge >= 0.3 is 0 Å². The molecule has 0 saturated heterocycles. The molecule has 0 amide bonds. The summed E-state index contributed by atoms with van der Waals surface area (Å²) in [6.07, 6.45) is 0. The van der Waals surface area contributed by atoms with Crippen molar-refractivity contribution in [3.05, 3.63) is 66.2 Å². The molecule has 3 rings (SSSR count). The van der Waals surface area contributed by atoms with Crippen molar-refractivity contribution in [3.63, 3.8) is 0 Å². The summed E-state index contributed by atoms with van der Waals surface area (Å²) in [7, 11) is -1.24. The molecule has 0 bridgehead atoms. The van der Waals surface area contributed by atoms with Gasteiger partial charge in [-0.3, -0.25) is 9.62 Å². The van der Waals surface area contributed by atoms with Gasteiger partial charge in [0.2, 0.25) is 0 Å². The van der Waals surface area contributed by atoms with Gasteiger partial charge in [0.1, 0.15) is 17.4 Å². The number of benzene rings is 3. The molecule has 0 aromatic heterocycles. The van der Waals surface area contributed by atoms with Crippen molar-refractivity contribution in [2.75, 3.05) is 38.6 Å². The maximum Gasteiger partial charge on any atom is 0.124 e. The highest BCUT2D eigenvalue weighted by atomic mass is 32.2. The van der Waals surface area contributed by atoms with Crippen LogP contribution in [0.25, 0.3) is 10.8 Å². The first kappa shape index (κ1) is 22.8. The zero-order valence-corrected chi connectivity index (χ0v) is 19.3. The highest BCUT2D eigenvalue weighted by molar-refractivity contribution is 8.14. The van der Waals surface area contributed by atoms with E-state index in [4.69, 9.17) is 10.1 Å². The quantitative estimate of drug-likeness (QED) is 0.289. The molecule has 1 unspecified atom stereocenters. The maximum absolute atomic E-state index is 13.9. The molecule has 1 atom stereocenters.